The molecule has 2 aromatic heterocycles. The van der Waals surface area contributed by atoms with Gasteiger partial charge in [0.1, 0.15) is 5.82 Å². The second kappa shape index (κ2) is 7.64. The summed E-state index contributed by atoms with van der Waals surface area (Å²) in [4.78, 5) is 4.31. The lowest BCUT2D eigenvalue weighted by Crippen LogP contribution is -2.47. The molecule has 8 heteroatoms. The van der Waals surface area contributed by atoms with Crippen molar-refractivity contribution in [1.29, 1.82) is 0 Å². The number of aromatic nitrogens is 3. The zero-order chi connectivity index (χ0) is 15.6. The minimum atomic E-state index is 0. The van der Waals surface area contributed by atoms with E-state index in [1.165, 1.54) is 6.42 Å². The number of hydrogen-bond donors (Lipinski definition) is 2. The summed E-state index contributed by atoms with van der Waals surface area (Å²) in [5.41, 5.74) is 0.879. The fraction of sp³-hybridized carbons (Fsp3) is 0.562. The number of guanidine groups is 1. The predicted octanol–water partition coefficient (Wildman–Crippen LogP) is 1.37. The van der Waals surface area contributed by atoms with Gasteiger partial charge in [0.15, 0.2) is 11.6 Å². The third kappa shape index (κ3) is 3.49. The van der Waals surface area contributed by atoms with Crippen LogP contribution in [0.15, 0.2) is 29.4 Å². The normalized spacial score (nSPS) is 25.7. The molecule has 24 heavy (non-hydrogen) atoms. The second-order valence-electron chi connectivity index (χ2n) is 6.15. The minimum Gasteiger partial charge on any atom is -0.373 e. The first kappa shape index (κ1) is 17.4. The Bertz CT molecular complexity index is 717. The first-order chi connectivity index (χ1) is 11.3. The van der Waals surface area contributed by atoms with Crippen molar-refractivity contribution < 1.29 is 4.74 Å². The zero-order valence-electron chi connectivity index (χ0n) is 13.7. The van der Waals surface area contributed by atoms with Crippen LogP contribution in [0.25, 0.3) is 5.65 Å². The van der Waals surface area contributed by atoms with Crippen LogP contribution in [0.3, 0.4) is 0 Å². The van der Waals surface area contributed by atoms with Crippen LogP contribution in [-0.2, 0) is 11.2 Å². The van der Waals surface area contributed by atoms with Crippen LogP contribution < -0.4 is 10.6 Å². The summed E-state index contributed by atoms with van der Waals surface area (Å²) >= 11 is 0. The molecule has 2 aliphatic rings. The third-order valence-electron chi connectivity index (χ3n) is 4.68. The van der Waals surface area contributed by atoms with Crippen LogP contribution >= 0.6 is 24.0 Å². The number of halogens is 1. The summed E-state index contributed by atoms with van der Waals surface area (Å²) in [6, 6.07) is 6.30. The molecule has 4 heterocycles. The minimum absolute atomic E-state index is 0. The van der Waals surface area contributed by atoms with Crippen molar-refractivity contribution in [3.63, 3.8) is 0 Å². The van der Waals surface area contributed by atoms with Gasteiger partial charge in [0.2, 0.25) is 0 Å². The number of ether oxygens (including phenoxy) is 1. The highest BCUT2D eigenvalue weighted by atomic mass is 127. The molecule has 7 nitrogen and oxygen atoms in total. The molecule has 2 fully saturated rings. The van der Waals surface area contributed by atoms with Crippen molar-refractivity contribution in [1.82, 2.24) is 25.2 Å². The Balaban J connectivity index is 0.00000169. The number of rotatable bonds is 4. The smallest absolute Gasteiger partial charge is 0.191 e. The monoisotopic (exact) mass is 442 g/mol. The Morgan fingerprint density at radius 2 is 2.29 bits per heavy atom. The lowest BCUT2D eigenvalue weighted by Gasteiger charge is -2.22. The maximum absolute atomic E-state index is 5.87. The molecular formula is C16H23IN6O. The lowest BCUT2D eigenvalue weighted by atomic mass is 9.96. The van der Waals surface area contributed by atoms with Crippen LogP contribution in [0.5, 0.6) is 0 Å². The molecule has 4 rings (SSSR count). The molecule has 3 unspecified atom stereocenters. The first-order valence-electron chi connectivity index (χ1n) is 8.25. The molecule has 0 aliphatic carbocycles. The maximum Gasteiger partial charge on any atom is 0.191 e. The van der Waals surface area contributed by atoms with Crippen LogP contribution in [0.1, 0.15) is 25.1 Å². The van der Waals surface area contributed by atoms with Gasteiger partial charge in [0.05, 0.1) is 18.2 Å². The van der Waals surface area contributed by atoms with E-state index in [1.54, 1.807) is 7.05 Å². The standard InChI is InChI=1S/C16H22N6O.HI/c1-17-16(19-12-10-11-5-6-13(12)23-11)18-8-7-15-21-20-14-4-2-3-9-22(14)15;/h2-4,9,11-13H,5-8,10H2,1H3,(H2,17,18,19);1H. The average Bonchev–Trinajstić information content (AvgIpc) is 3.29. The molecule has 2 aromatic rings. The van der Waals surface area contributed by atoms with E-state index in [0.29, 0.717) is 18.2 Å². The molecule has 2 saturated heterocycles. The summed E-state index contributed by atoms with van der Waals surface area (Å²) in [5.74, 6) is 1.78. The van der Waals surface area contributed by atoms with Gasteiger partial charge in [-0.05, 0) is 31.4 Å². The molecule has 0 saturated carbocycles. The molecule has 2 N–H and O–H groups in total. The number of fused-ring (bicyclic) bond motifs is 3. The van der Waals surface area contributed by atoms with Gasteiger partial charge in [-0.1, -0.05) is 6.07 Å². The number of pyridine rings is 1. The highest BCUT2D eigenvalue weighted by Crippen LogP contribution is 2.34. The number of hydrogen-bond acceptors (Lipinski definition) is 4. The highest BCUT2D eigenvalue weighted by molar-refractivity contribution is 14.0. The van der Waals surface area contributed by atoms with E-state index in [4.69, 9.17) is 4.74 Å². The predicted molar refractivity (Wildman–Crippen MR) is 103 cm³/mol. The van der Waals surface area contributed by atoms with E-state index in [0.717, 1.165) is 43.2 Å². The first-order valence-corrected chi connectivity index (χ1v) is 8.25. The Labute approximate surface area is 158 Å². The molecular weight excluding hydrogens is 419 g/mol. The van der Waals surface area contributed by atoms with Crippen LogP contribution in [0.4, 0.5) is 0 Å². The van der Waals surface area contributed by atoms with E-state index in [1.807, 2.05) is 28.8 Å². The van der Waals surface area contributed by atoms with E-state index < -0.39 is 0 Å². The molecule has 0 radical (unpaired) electrons. The van der Waals surface area contributed by atoms with Crippen molar-refractivity contribution in [3.8, 4) is 0 Å². The van der Waals surface area contributed by atoms with Crippen molar-refractivity contribution in [2.24, 2.45) is 4.99 Å². The molecule has 0 amide bonds. The van der Waals surface area contributed by atoms with Crippen LogP contribution in [0, 0.1) is 0 Å². The van der Waals surface area contributed by atoms with Gasteiger partial charge in [-0.3, -0.25) is 9.39 Å². The number of nitrogens with zero attached hydrogens (tertiary/aromatic N) is 4. The van der Waals surface area contributed by atoms with Crippen molar-refractivity contribution in [3.05, 3.63) is 30.2 Å². The summed E-state index contributed by atoms with van der Waals surface area (Å²) in [6.45, 7) is 0.761. The zero-order valence-corrected chi connectivity index (χ0v) is 16.0. The van der Waals surface area contributed by atoms with Gasteiger partial charge < -0.3 is 15.4 Å². The summed E-state index contributed by atoms with van der Waals surface area (Å²) in [6.07, 6.45) is 7.01. The Morgan fingerprint density at radius 3 is 3.04 bits per heavy atom. The quantitative estimate of drug-likeness (QED) is 0.425. The Hall–Kier alpha value is -1.42. The van der Waals surface area contributed by atoms with Gasteiger partial charge >= 0.3 is 0 Å². The van der Waals surface area contributed by atoms with Gasteiger partial charge in [0, 0.05) is 26.2 Å². The fourth-order valence-electron chi connectivity index (χ4n) is 3.51. The molecule has 0 spiro atoms. The van der Waals surface area contributed by atoms with Crippen molar-refractivity contribution >= 4 is 35.6 Å². The maximum atomic E-state index is 5.87. The SMILES string of the molecule is CN=C(NCCc1nnc2ccccn12)NC1CC2CCC1O2.I. The Morgan fingerprint density at radius 1 is 1.38 bits per heavy atom. The van der Waals surface area contributed by atoms with Crippen molar-refractivity contribution in [2.75, 3.05) is 13.6 Å². The van der Waals surface area contributed by atoms with Crippen molar-refractivity contribution in [2.45, 2.75) is 43.9 Å². The van der Waals surface area contributed by atoms with Gasteiger partial charge in [0.25, 0.3) is 0 Å². The Kier molecular flexibility index (Phi) is 5.54. The van der Waals surface area contributed by atoms with Gasteiger partial charge in [-0.2, -0.15) is 0 Å². The van der Waals surface area contributed by atoms with Gasteiger partial charge in [-0.25, -0.2) is 0 Å². The van der Waals surface area contributed by atoms with Crippen LogP contribution in [-0.4, -0.2) is 52.4 Å². The molecule has 0 aromatic carbocycles. The van der Waals surface area contributed by atoms with E-state index in [9.17, 15) is 0 Å². The van der Waals surface area contributed by atoms with E-state index in [2.05, 4.69) is 25.8 Å². The summed E-state index contributed by atoms with van der Waals surface area (Å²) < 4.78 is 7.89. The highest BCUT2D eigenvalue weighted by Gasteiger charge is 2.41. The average molecular weight is 442 g/mol. The molecule has 3 atom stereocenters. The van der Waals surface area contributed by atoms with Crippen LogP contribution in [0.2, 0.25) is 0 Å². The van der Waals surface area contributed by atoms with E-state index >= 15 is 0 Å². The molecule has 2 aliphatic heterocycles. The largest absolute Gasteiger partial charge is 0.373 e. The topological polar surface area (TPSA) is 75.8 Å². The van der Waals surface area contributed by atoms with E-state index in [-0.39, 0.29) is 24.0 Å². The fourth-order valence-corrected chi connectivity index (χ4v) is 3.51. The number of aliphatic imine (C=N–C) groups is 1. The molecule has 130 valence electrons. The lowest BCUT2D eigenvalue weighted by molar-refractivity contribution is 0.0992. The molecule has 2 bridgehead atoms. The second-order valence-corrected chi connectivity index (χ2v) is 6.15. The summed E-state index contributed by atoms with van der Waals surface area (Å²) in [7, 11) is 1.80. The summed E-state index contributed by atoms with van der Waals surface area (Å²) in [5, 5.41) is 15.3. The number of nitrogens with one attached hydrogen (secondary N) is 2. The van der Waals surface area contributed by atoms with Gasteiger partial charge in [-0.15, -0.1) is 34.2 Å². The third-order valence-corrected chi connectivity index (χ3v) is 4.68.